The van der Waals surface area contributed by atoms with E-state index >= 15 is 0 Å². The highest BCUT2D eigenvalue weighted by atomic mass is 35.5. The number of likely N-dealkylation sites (N-methyl/N-ethyl adjacent to an activating group) is 1. The highest BCUT2D eigenvalue weighted by molar-refractivity contribution is 7.91. The van der Waals surface area contributed by atoms with Crippen LogP contribution < -0.4 is 0 Å². The van der Waals surface area contributed by atoms with Gasteiger partial charge in [0.25, 0.3) is 0 Å². The van der Waals surface area contributed by atoms with E-state index in [0.717, 1.165) is 48.6 Å². The van der Waals surface area contributed by atoms with Crippen LogP contribution in [0.25, 0.3) is 10.1 Å². The third-order valence-corrected chi connectivity index (χ3v) is 11.6. The molecule has 0 spiro atoms. The summed E-state index contributed by atoms with van der Waals surface area (Å²) in [5, 5.41) is 22.9. The van der Waals surface area contributed by atoms with Crippen LogP contribution in [0.15, 0.2) is 36.4 Å². The molecule has 46 heavy (non-hydrogen) atoms. The smallest absolute Gasteiger partial charge is 0.242 e. The van der Waals surface area contributed by atoms with E-state index in [2.05, 4.69) is 4.90 Å². The van der Waals surface area contributed by atoms with E-state index in [-0.39, 0.29) is 36.4 Å². The van der Waals surface area contributed by atoms with Gasteiger partial charge in [-0.3, -0.25) is 19.3 Å². The highest BCUT2D eigenvalue weighted by Gasteiger charge is 2.37. The fourth-order valence-corrected chi connectivity index (χ4v) is 8.65. The van der Waals surface area contributed by atoms with Gasteiger partial charge in [-0.15, -0.1) is 11.3 Å². The monoisotopic (exact) mass is 694 g/mol. The van der Waals surface area contributed by atoms with Crippen molar-refractivity contribution >= 4 is 60.6 Å². The maximum absolute atomic E-state index is 13.5. The van der Waals surface area contributed by atoms with E-state index in [0.29, 0.717) is 48.9 Å². The van der Waals surface area contributed by atoms with Crippen molar-refractivity contribution in [1.29, 1.82) is 0 Å². The lowest BCUT2D eigenvalue weighted by atomic mass is 9.93. The molecular formula is C32H43ClN4O7S2. The maximum atomic E-state index is 13.5. The van der Waals surface area contributed by atoms with Crippen molar-refractivity contribution < 1.29 is 33.0 Å². The minimum Gasteiger partial charge on any atom is -0.358 e. The topological polar surface area (TPSA) is 139 Å². The first-order valence-corrected chi connectivity index (χ1v) is 19.0. The van der Waals surface area contributed by atoms with Gasteiger partial charge < -0.3 is 24.9 Å². The number of aliphatic hydroxyl groups is 2. The van der Waals surface area contributed by atoms with Crippen LogP contribution in [0.3, 0.4) is 0 Å². The summed E-state index contributed by atoms with van der Waals surface area (Å²) < 4.78 is 24.0. The van der Waals surface area contributed by atoms with Crippen molar-refractivity contribution in [3.63, 3.8) is 0 Å². The molecule has 1 aromatic heterocycles. The molecular weight excluding hydrogens is 652 g/mol. The zero-order chi connectivity index (χ0) is 33.2. The van der Waals surface area contributed by atoms with Crippen molar-refractivity contribution in [3.8, 4) is 0 Å². The minimum atomic E-state index is -3.40. The Morgan fingerprint density at radius 1 is 1.13 bits per heavy atom. The van der Waals surface area contributed by atoms with Gasteiger partial charge in [-0.2, -0.15) is 0 Å². The van der Waals surface area contributed by atoms with Crippen molar-refractivity contribution in [1.82, 2.24) is 19.6 Å². The number of hydrogen-bond acceptors (Lipinski definition) is 9. The standard InChI is InChI=1S/C32H43ClN4O7S2/c1-34(30(39)21-46(2,43)44)25-11-15-35(18-25)19-26-8-5-14-37(26)29(38)20-36-13-4-7-22(31(36)40)6-3-12-32(41,42)28-17-23-16-24(33)9-10-27(23)45-28/h3,9-10,12,16-17,22,25-26,41-42H,4-8,11,13-15,18-21H2,1-2H3/b12-3+/t22-,25?,26-/m0/s1. The van der Waals surface area contributed by atoms with E-state index in [9.17, 15) is 33.0 Å². The van der Waals surface area contributed by atoms with Crippen LogP contribution >= 0.6 is 22.9 Å². The van der Waals surface area contributed by atoms with E-state index in [1.54, 1.807) is 36.2 Å². The second-order valence-corrected chi connectivity index (χ2v) is 16.6. The number of piperidine rings is 1. The summed E-state index contributed by atoms with van der Waals surface area (Å²) in [6.45, 7) is 3.24. The Bertz CT molecular complexity index is 1590. The zero-order valence-corrected chi connectivity index (χ0v) is 28.7. The lowest BCUT2D eigenvalue weighted by molar-refractivity contribution is -0.145. The summed E-state index contributed by atoms with van der Waals surface area (Å²) in [6, 6.07) is 7.02. The molecule has 3 amide bonds. The molecule has 2 N–H and O–H groups in total. The van der Waals surface area contributed by atoms with Crippen molar-refractivity contribution in [3.05, 3.63) is 46.3 Å². The number of benzene rings is 1. The van der Waals surface area contributed by atoms with Crippen LogP contribution in [-0.4, -0.2) is 126 Å². The molecule has 3 saturated heterocycles. The number of allylic oxidation sites excluding steroid dienone is 1. The number of carbonyl (C=O) groups is 3. The van der Waals surface area contributed by atoms with Crippen LogP contribution in [0.4, 0.5) is 0 Å². The van der Waals surface area contributed by atoms with Crippen LogP contribution in [-0.2, 0) is 30.0 Å². The van der Waals surface area contributed by atoms with E-state index in [1.807, 2.05) is 11.0 Å². The van der Waals surface area contributed by atoms with E-state index < -0.39 is 27.3 Å². The number of sulfone groups is 1. The SMILES string of the molecule is CN(C(=O)CS(C)(=O)=O)C1CCN(C[C@@H]2CCCN2C(=O)CN2CCC[C@H](C/C=C/C(O)(O)c3cc4cc(Cl)ccc4s3)C2=O)C1. The number of thiophene rings is 1. The molecule has 4 heterocycles. The molecule has 11 nitrogen and oxygen atoms in total. The fraction of sp³-hybridized carbons (Fsp3) is 0.594. The second kappa shape index (κ2) is 14.3. The Balaban J connectivity index is 1.12. The molecule has 14 heteroatoms. The van der Waals surface area contributed by atoms with Gasteiger partial charge in [0, 0.05) is 73.8 Å². The molecule has 0 aliphatic carbocycles. The van der Waals surface area contributed by atoms with Gasteiger partial charge >= 0.3 is 0 Å². The van der Waals surface area contributed by atoms with Gasteiger partial charge in [0.15, 0.2) is 9.84 Å². The molecule has 3 atom stereocenters. The molecule has 0 radical (unpaired) electrons. The summed E-state index contributed by atoms with van der Waals surface area (Å²) in [4.78, 5) is 46.9. The highest BCUT2D eigenvalue weighted by Crippen LogP contribution is 2.34. The molecule has 1 unspecified atom stereocenters. The molecule has 3 aliphatic heterocycles. The lowest BCUT2D eigenvalue weighted by Crippen LogP contribution is -2.50. The predicted molar refractivity (Wildman–Crippen MR) is 178 cm³/mol. The predicted octanol–water partition coefficient (Wildman–Crippen LogP) is 2.45. The maximum Gasteiger partial charge on any atom is 0.242 e. The van der Waals surface area contributed by atoms with Crippen LogP contribution in [0.2, 0.25) is 5.02 Å². The molecule has 0 bridgehead atoms. The first-order valence-electron chi connectivity index (χ1n) is 15.8. The third-order valence-electron chi connectivity index (χ3n) is 9.32. The third kappa shape index (κ3) is 8.48. The van der Waals surface area contributed by atoms with Crippen LogP contribution in [0, 0.1) is 5.92 Å². The van der Waals surface area contributed by atoms with Gasteiger partial charge in [-0.25, -0.2) is 8.42 Å². The Kier molecular flexibility index (Phi) is 10.8. The molecule has 1 aromatic carbocycles. The largest absolute Gasteiger partial charge is 0.358 e. The zero-order valence-electron chi connectivity index (χ0n) is 26.3. The van der Waals surface area contributed by atoms with E-state index in [1.165, 1.54) is 22.3 Å². The van der Waals surface area contributed by atoms with Gasteiger partial charge in [0.1, 0.15) is 5.75 Å². The van der Waals surface area contributed by atoms with Gasteiger partial charge in [-0.05, 0) is 74.3 Å². The van der Waals surface area contributed by atoms with Crippen molar-refractivity contribution in [2.45, 2.75) is 56.4 Å². The minimum absolute atomic E-state index is 0.0223. The number of halogens is 1. The summed E-state index contributed by atoms with van der Waals surface area (Å²) in [6.07, 6.45) is 8.29. The number of amides is 3. The summed E-state index contributed by atoms with van der Waals surface area (Å²) in [5.74, 6) is -3.58. The summed E-state index contributed by atoms with van der Waals surface area (Å²) in [5.41, 5.74) is 0. The molecule has 3 fully saturated rings. The van der Waals surface area contributed by atoms with Crippen LogP contribution in [0.1, 0.15) is 43.4 Å². The summed E-state index contributed by atoms with van der Waals surface area (Å²) >= 11 is 7.33. The first kappa shape index (κ1) is 34.8. The summed E-state index contributed by atoms with van der Waals surface area (Å²) in [7, 11) is -1.75. The average Bonchev–Trinajstić information content (AvgIpc) is 3.74. The molecule has 252 valence electrons. The first-order chi connectivity index (χ1) is 21.7. The number of hydrogen-bond donors (Lipinski definition) is 2. The van der Waals surface area contributed by atoms with Gasteiger partial charge in [0.2, 0.25) is 23.5 Å². The molecule has 3 aliphatic rings. The number of likely N-dealkylation sites (tertiary alicyclic amines) is 3. The fourth-order valence-electron chi connectivity index (χ4n) is 6.80. The van der Waals surface area contributed by atoms with Crippen LogP contribution in [0.5, 0.6) is 0 Å². The number of carbonyl (C=O) groups excluding carboxylic acids is 3. The second-order valence-electron chi connectivity index (χ2n) is 12.9. The Labute approximate surface area is 279 Å². The van der Waals surface area contributed by atoms with Crippen molar-refractivity contribution in [2.75, 3.05) is 58.3 Å². The van der Waals surface area contributed by atoms with E-state index in [4.69, 9.17) is 11.6 Å². The van der Waals surface area contributed by atoms with Crippen molar-refractivity contribution in [2.24, 2.45) is 5.92 Å². The Morgan fingerprint density at radius 3 is 2.65 bits per heavy atom. The Morgan fingerprint density at radius 2 is 1.89 bits per heavy atom. The number of nitrogens with zero attached hydrogens (tertiary/aromatic N) is 4. The number of rotatable bonds is 11. The molecule has 2 aromatic rings. The molecule has 0 saturated carbocycles. The normalized spacial score (nSPS) is 23.2. The molecule has 5 rings (SSSR count). The lowest BCUT2D eigenvalue weighted by Gasteiger charge is -2.34. The van der Waals surface area contributed by atoms with Gasteiger partial charge in [-0.1, -0.05) is 17.7 Å². The Hall–Kier alpha value is -2.55. The quantitative estimate of drug-likeness (QED) is 0.270. The number of fused-ring (bicyclic) bond motifs is 1. The van der Waals surface area contributed by atoms with Gasteiger partial charge in [0.05, 0.1) is 11.4 Å². The average molecular weight is 695 g/mol.